The molecule has 1 aliphatic heterocycles. The summed E-state index contributed by atoms with van der Waals surface area (Å²) in [5.74, 6) is -3.03. The van der Waals surface area contributed by atoms with Crippen LogP contribution < -0.4 is 14.8 Å². The Hall–Kier alpha value is -2.68. The van der Waals surface area contributed by atoms with Crippen LogP contribution in [0.25, 0.3) is 0 Å². The number of hydrogen-bond acceptors (Lipinski definition) is 5. The Labute approximate surface area is 142 Å². The summed E-state index contributed by atoms with van der Waals surface area (Å²) in [5, 5.41) is 2.52. The molecule has 3 rings (SSSR count). The van der Waals surface area contributed by atoms with Crippen molar-refractivity contribution in [2.24, 2.45) is 0 Å². The zero-order chi connectivity index (χ0) is 18.0. The molecule has 2 aromatic rings. The molecule has 2 aromatic carbocycles. The number of fused-ring (bicyclic) bond motifs is 1. The molecule has 0 bridgehead atoms. The molecule has 0 radical (unpaired) electrons. The van der Waals surface area contributed by atoms with E-state index in [0.29, 0.717) is 11.5 Å². The molecule has 0 saturated heterocycles. The van der Waals surface area contributed by atoms with Crippen molar-refractivity contribution in [2.45, 2.75) is 16.8 Å². The van der Waals surface area contributed by atoms with Crippen LogP contribution >= 0.6 is 0 Å². The van der Waals surface area contributed by atoms with E-state index in [1.807, 2.05) is 0 Å². The summed E-state index contributed by atoms with van der Waals surface area (Å²) < 4.78 is 58.7. The summed E-state index contributed by atoms with van der Waals surface area (Å²) >= 11 is 0. The molecule has 132 valence electrons. The third-order valence-corrected chi connectivity index (χ3v) is 4.88. The zero-order valence-corrected chi connectivity index (χ0v) is 13.5. The van der Waals surface area contributed by atoms with E-state index < -0.39 is 32.5 Å². The third-order valence-electron chi connectivity index (χ3n) is 3.49. The van der Waals surface area contributed by atoms with Gasteiger partial charge in [-0.25, -0.2) is 8.42 Å². The average Bonchev–Trinajstić information content (AvgIpc) is 2.61. The highest BCUT2D eigenvalue weighted by atomic mass is 32.2. The van der Waals surface area contributed by atoms with Crippen LogP contribution in [-0.4, -0.2) is 32.8 Å². The number of carbonyl (C=O) groups excluding carboxylic acids is 1. The van der Waals surface area contributed by atoms with Crippen molar-refractivity contribution in [1.29, 1.82) is 0 Å². The number of hydrogen-bond donors (Lipinski definition) is 1. The smallest absolute Gasteiger partial charge is 0.341 e. The Kier molecular flexibility index (Phi) is 4.58. The molecule has 1 N–H and O–H groups in total. The van der Waals surface area contributed by atoms with Crippen molar-refractivity contribution in [3.63, 3.8) is 0 Å². The molecule has 1 amide bonds. The summed E-state index contributed by atoms with van der Waals surface area (Å²) in [4.78, 5) is 11.7. The number of alkyl halides is 2. The predicted octanol–water partition coefficient (Wildman–Crippen LogP) is 2.46. The van der Waals surface area contributed by atoms with Crippen LogP contribution in [0, 0.1) is 0 Å². The number of benzene rings is 2. The van der Waals surface area contributed by atoms with Crippen LogP contribution in [0.15, 0.2) is 53.4 Å². The van der Waals surface area contributed by atoms with E-state index in [-0.39, 0.29) is 12.3 Å². The normalized spacial score (nSPS) is 16.5. The van der Waals surface area contributed by atoms with Gasteiger partial charge < -0.3 is 14.8 Å². The van der Waals surface area contributed by atoms with Crippen molar-refractivity contribution >= 4 is 21.4 Å². The van der Waals surface area contributed by atoms with Gasteiger partial charge in [-0.05, 0) is 36.4 Å². The number of ether oxygens (including phenoxy) is 2. The SMILES string of the molecule is O=C(Nc1ccc(S(=O)(=O)C(F)F)cc1)[C@@H]1COc2ccccc2O1. The van der Waals surface area contributed by atoms with Gasteiger partial charge in [-0.15, -0.1) is 0 Å². The van der Waals surface area contributed by atoms with Gasteiger partial charge >= 0.3 is 5.76 Å². The van der Waals surface area contributed by atoms with Gasteiger partial charge in [0.05, 0.1) is 4.90 Å². The van der Waals surface area contributed by atoms with Crippen molar-refractivity contribution in [2.75, 3.05) is 11.9 Å². The third kappa shape index (κ3) is 3.55. The molecule has 0 fully saturated rings. The van der Waals surface area contributed by atoms with Crippen LogP contribution in [0.2, 0.25) is 0 Å². The lowest BCUT2D eigenvalue weighted by Gasteiger charge is -2.25. The van der Waals surface area contributed by atoms with Gasteiger partial charge in [-0.3, -0.25) is 4.79 Å². The number of carbonyl (C=O) groups is 1. The maximum absolute atomic E-state index is 12.5. The number of rotatable bonds is 4. The summed E-state index contributed by atoms with van der Waals surface area (Å²) in [6, 6.07) is 11.4. The monoisotopic (exact) mass is 369 g/mol. The highest BCUT2D eigenvalue weighted by molar-refractivity contribution is 7.91. The second-order valence-electron chi connectivity index (χ2n) is 5.18. The number of halogens is 2. The fraction of sp³-hybridized carbons (Fsp3) is 0.188. The van der Waals surface area contributed by atoms with Gasteiger partial charge in [0, 0.05) is 5.69 Å². The summed E-state index contributed by atoms with van der Waals surface area (Å²) in [6.07, 6.45) is -0.889. The lowest BCUT2D eigenvalue weighted by Crippen LogP contribution is -2.40. The molecule has 6 nitrogen and oxygen atoms in total. The molecule has 9 heteroatoms. The predicted molar refractivity (Wildman–Crippen MR) is 84.6 cm³/mol. The largest absolute Gasteiger partial charge is 0.485 e. The Morgan fingerprint density at radius 2 is 1.72 bits per heavy atom. The van der Waals surface area contributed by atoms with E-state index in [9.17, 15) is 22.0 Å². The van der Waals surface area contributed by atoms with Crippen LogP contribution in [0.3, 0.4) is 0 Å². The zero-order valence-electron chi connectivity index (χ0n) is 12.7. The second-order valence-corrected chi connectivity index (χ2v) is 7.10. The first kappa shape index (κ1) is 17.2. The van der Waals surface area contributed by atoms with Gasteiger partial charge in [0.1, 0.15) is 6.61 Å². The molecule has 0 aliphatic carbocycles. The van der Waals surface area contributed by atoms with Crippen LogP contribution in [0.5, 0.6) is 11.5 Å². The lowest BCUT2D eigenvalue weighted by molar-refractivity contribution is -0.125. The molecule has 25 heavy (non-hydrogen) atoms. The number of sulfone groups is 1. The minimum atomic E-state index is -4.67. The first-order valence-electron chi connectivity index (χ1n) is 7.19. The highest BCUT2D eigenvalue weighted by Crippen LogP contribution is 2.31. The number of para-hydroxylation sites is 2. The molecule has 0 aromatic heterocycles. The molecule has 1 heterocycles. The summed E-state index contributed by atoms with van der Waals surface area (Å²) in [7, 11) is -4.67. The Balaban J connectivity index is 1.68. The lowest BCUT2D eigenvalue weighted by atomic mass is 10.2. The fourth-order valence-electron chi connectivity index (χ4n) is 2.20. The average molecular weight is 369 g/mol. The second kappa shape index (κ2) is 6.67. The highest BCUT2D eigenvalue weighted by Gasteiger charge is 2.28. The van der Waals surface area contributed by atoms with E-state index in [0.717, 1.165) is 12.1 Å². The minimum Gasteiger partial charge on any atom is -0.485 e. The molecule has 0 spiro atoms. The standard InChI is InChI=1S/C16H13F2NO5S/c17-16(18)25(21,22)11-7-5-10(6-8-11)19-15(20)14-9-23-12-3-1-2-4-13(12)24-14/h1-8,14,16H,9H2,(H,19,20)/t14-/m0/s1. The first-order valence-corrected chi connectivity index (χ1v) is 8.74. The van der Waals surface area contributed by atoms with Crippen molar-refractivity contribution < 1.29 is 31.5 Å². The van der Waals surface area contributed by atoms with Crippen molar-refractivity contribution in [3.05, 3.63) is 48.5 Å². The Bertz CT molecular complexity index is 884. The molecule has 1 aliphatic rings. The molecular weight excluding hydrogens is 356 g/mol. The van der Waals surface area contributed by atoms with Crippen molar-refractivity contribution in [1.82, 2.24) is 0 Å². The molecule has 1 atom stereocenters. The van der Waals surface area contributed by atoms with Gasteiger partial charge in [-0.2, -0.15) is 8.78 Å². The Morgan fingerprint density at radius 1 is 1.08 bits per heavy atom. The van der Waals surface area contributed by atoms with Crippen LogP contribution in [-0.2, 0) is 14.6 Å². The molecular formula is C16H13F2NO5S. The van der Waals surface area contributed by atoms with E-state index >= 15 is 0 Å². The number of amides is 1. The fourth-order valence-corrected chi connectivity index (χ4v) is 2.92. The Morgan fingerprint density at radius 3 is 2.36 bits per heavy atom. The summed E-state index contributed by atoms with van der Waals surface area (Å²) in [6.45, 7) is 0.0146. The van der Waals surface area contributed by atoms with Crippen LogP contribution in [0.4, 0.5) is 14.5 Å². The van der Waals surface area contributed by atoms with Gasteiger partial charge in [-0.1, -0.05) is 12.1 Å². The minimum absolute atomic E-state index is 0.0146. The van der Waals surface area contributed by atoms with Gasteiger partial charge in [0.25, 0.3) is 5.91 Å². The van der Waals surface area contributed by atoms with Crippen LogP contribution in [0.1, 0.15) is 0 Å². The van der Waals surface area contributed by atoms with E-state index in [4.69, 9.17) is 9.47 Å². The quantitative estimate of drug-likeness (QED) is 0.895. The maximum atomic E-state index is 12.5. The van der Waals surface area contributed by atoms with Crippen molar-refractivity contribution in [3.8, 4) is 11.5 Å². The maximum Gasteiger partial charge on any atom is 0.341 e. The number of nitrogens with one attached hydrogen (secondary N) is 1. The number of anilines is 1. The molecule has 0 saturated carbocycles. The molecule has 0 unspecified atom stereocenters. The van der Waals surface area contributed by atoms with E-state index in [1.165, 1.54) is 12.1 Å². The van der Waals surface area contributed by atoms with E-state index in [2.05, 4.69) is 5.32 Å². The topological polar surface area (TPSA) is 81.7 Å². The summed E-state index contributed by atoms with van der Waals surface area (Å²) in [5.41, 5.74) is 0.251. The first-order chi connectivity index (χ1) is 11.9. The van der Waals surface area contributed by atoms with Gasteiger partial charge in [0.15, 0.2) is 11.5 Å². The van der Waals surface area contributed by atoms with E-state index in [1.54, 1.807) is 24.3 Å². The van der Waals surface area contributed by atoms with Gasteiger partial charge in [0.2, 0.25) is 15.9 Å².